The Hall–Kier alpha value is -1.33. The van der Waals surface area contributed by atoms with E-state index in [1.807, 2.05) is 20.8 Å². The van der Waals surface area contributed by atoms with Gasteiger partial charge in [0.2, 0.25) is 0 Å². The van der Waals surface area contributed by atoms with Crippen LogP contribution in [0.15, 0.2) is 18.2 Å². The molecular weight excluding hydrogens is 266 g/mol. The molecule has 5 heteroatoms. The molecule has 1 atom stereocenters. The third-order valence-corrected chi connectivity index (χ3v) is 4.23. The SMILES string of the molecule is Cc1nc(C)c(C(C)NCc2c(F)cccc2F)s1. The fourth-order valence-corrected chi connectivity index (χ4v) is 2.95. The first kappa shape index (κ1) is 14.1. The first-order valence-corrected chi connectivity index (χ1v) is 6.91. The molecule has 0 amide bonds. The first-order chi connectivity index (χ1) is 8.99. The molecule has 102 valence electrons. The zero-order valence-electron chi connectivity index (χ0n) is 11.1. The molecule has 1 unspecified atom stereocenters. The van der Waals surface area contributed by atoms with E-state index in [4.69, 9.17) is 0 Å². The molecule has 0 aliphatic heterocycles. The van der Waals surface area contributed by atoms with Crippen LogP contribution in [-0.2, 0) is 6.54 Å². The molecule has 0 saturated heterocycles. The van der Waals surface area contributed by atoms with Gasteiger partial charge in [-0.25, -0.2) is 13.8 Å². The van der Waals surface area contributed by atoms with E-state index in [0.717, 1.165) is 15.6 Å². The maximum Gasteiger partial charge on any atom is 0.130 e. The summed E-state index contributed by atoms with van der Waals surface area (Å²) in [6.45, 7) is 6.03. The number of aromatic nitrogens is 1. The van der Waals surface area contributed by atoms with Crippen molar-refractivity contribution in [3.05, 3.63) is 51.0 Å². The fraction of sp³-hybridized carbons (Fsp3) is 0.357. The molecule has 1 aromatic carbocycles. The normalized spacial score (nSPS) is 12.7. The molecule has 1 N–H and O–H groups in total. The van der Waals surface area contributed by atoms with Crippen LogP contribution in [0.1, 0.15) is 34.1 Å². The minimum atomic E-state index is -0.517. The van der Waals surface area contributed by atoms with E-state index >= 15 is 0 Å². The smallest absolute Gasteiger partial charge is 0.130 e. The molecule has 2 rings (SSSR count). The summed E-state index contributed by atoms with van der Waals surface area (Å²) in [5.41, 5.74) is 1.05. The lowest BCUT2D eigenvalue weighted by molar-refractivity contribution is 0.511. The molecule has 0 bridgehead atoms. The number of nitrogens with one attached hydrogen (secondary N) is 1. The molecule has 1 heterocycles. The fourth-order valence-electron chi connectivity index (χ4n) is 2.00. The van der Waals surface area contributed by atoms with Crippen LogP contribution >= 0.6 is 11.3 Å². The maximum atomic E-state index is 13.5. The van der Waals surface area contributed by atoms with Gasteiger partial charge in [-0.05, 0) is 32.9 Å². The van der Waals surface area contributed by atoms with Gasteiger partial charge >= 0.3 is 0 Å². The van der Waals surface area contributed by atoms with E-state index < -0.39 is 11.6 Å². The number of halogens is 2. The molecule has 0 saturated carbocycles. The number of rotatable bonds is 4. The third kappa shape index (κ3) is 3.16. The number of nitrogens with zero attached hydrogens (tertiary/aromatic N) is 1. The third-order valence-electron chi connectivity index (χ3n) is 2.98. The quantitative estimate of drug-likeness (QED) is 0.920. The van der Waals surface area contributed by atoms with Gasteiger partial charge in [0, 0.05) is 23.0 Å². The second-order valence-electron chi connectivity index (χ2n) is 4.49. The maximum absolute atomic E-state index is 13.5. The summed E-state index contributed by atoms with van der Waals surface area (Å²) >= 11 is 1.60. The van der Waals surface area contributed by atoms with Crippen LogP contribution in [0.3, 0.4) is 0 Å². The zero-order chi connectivity index (χ0) is 14.0. The van der Waals surface area contributed by atoms with Crippen molar-refractivity contribution in [3.63, 3.8) is 0 Å². The highest BCUT2D eigenvalue weighted by atomic mass is 32.1. The highest BCUT2D eigenvalue weighted by molar-refractivity contribution is 7.11. The standard InChI is InChI=1S/C14H16F2N2S/c1-8(14-9(2)18-10(3)19-14)17-7-11-12(15)5-4-6-13(11)16/h4-6,8,17H,7H2,1-3H3. The molecule has 0 radical (unpaired) electrons. The minimum Gasteiger partial charge on any atom is -0.305 e. The monoisotopic (exact) mass is 282 g/mol. The van der Waals surface area contributed by atoms with Gasteiger partial charge < -0.3 is 5.32 Å². The summed E-state index contributed by atoms with van der Waals surface area (Å²) < 4.78 is 27.0. The molecular formula is C14H16F2N2S. The molecule has 0 aliphatic carbocycles. The average Bonchev–Trinajstić information content (AvgIpc) is 2.67. The Morgan fingerprint density at radius 2 is 1.89 bits per heavy atom. The van der Waals surface area contributed by atoms with Gasteiger partial charge in [-0.15, -0.1) is 11.3 Å². The molecule has 0 spiro atoms. The van der Waals surface area contributed by atoms with E-state index in [1.54, 1.807) is 11.3 Å². The summed E-state index contributed by atoms with van der Waals surface area (Å²) in [6, 6.07) is 3.93. The highest BCUT2D eigenvalue weighted by Crippen LogP contribution is 2.25. The Morgan fingerprint density at radius 1 is 1.26 bits per heavy atom. The van der Waals surface area contributed by atoms with E-state index in [2.05, 4.69) is 10.3 Å². The second kappa shape index (κ2) is 5.75. The van der Waals surface area contributed by atoms with Crippen molar-refractivity contribution in [3.8, 4) is 0 Å². The number of hydrogen-bond acceptors (Lipinski definition) is 3. The van der Waals surface area contributed by atoms with Crippen LogP contribution in [0.5, 0.6) is 0 Å². The van der Waals surface area contributed by atoms with Crippen molar-refractivity contribution >= 4 is 11.3 Å². The van der Waals surface area contributed by atoms with Gasteiger partial charge in [0.1, 0.15) is 11.6 Å². The van der Waals surface area contributed by atoms with Crippen molar-refractivity contribution in [2.24, 2.45) is 0 Å². The lowest BCUT2D eigenvalue weighted by Crippen LogP contribution is -2.19. The van der Waals surface area contributed by atoms with Crippen LogP contribution < -0.4 is 5.32 Å². The topological polar surface area (TPSA) is 24.9 Å². The summed E-state index contributed by atoms with van der Waals surface area (Å²) in [7, 11) is 0. The first-order valence-electron chi connectivity index (χ1n) is 6.09. The molecule has 0 fully saturated rings. The minimum absolute atomic E-state index is 0.0187. The van der Waals surface area contributed by atoms with E-state index in [0.29, 0.717) is 0 Å². The van der Waals surface area contributed by atoms with Crippen LogP contribution in [0.25, 0.3) is 0 Å². The van der Waals surface area contributed by atoms with E-state index in [1.165, 1.54) is 18.2 Å². The van der Waals surface area contributed by atoms with Crippen molar-refractivity contribution in [1.29, 1.82) is 0 Å². The summed E-state index contributed by atoms with van der Waals surface area (Å²) in [6.07, 6.45) is 0. The van der Waals surface area contributed by atoms with Crippen molar-refractivity contribution < 1.29 is 8.78 Å². The Morgan fingerprint density at radius 3 is 2.42 bits per heavy atom. The number of benzene rings is 1. The molecule has 0 aliphatic rings. The van der Waals surface area contributed by atoms with Gasteiger partial charge in [-0.3, -0.25) is 0 Å². The lowest BCUT2D eigenvalue weighted by atomic mass is 10.1. The average molecular weight is 282 g/mol. The van der Waals surface area contributed by atoms with Crippen molar-refractivity contribution in [2.75, 3.05) is 0 Å². The summed E-state index contributed by atoms with van der Waals surface area (Å²) in [5, 5.41) is 4.14. The Balaban J connectivity index is 2.08. The molecule has 2 aromatic rings. The number of thiazole rings is 1. The number of hydrogen-bond donors (Lipinski definition) is 1. The van der Waals surface area contributed by atoms with E-state index in [-0.39, 0.29) is 18.2 Å². The molecule has 2 nitrogen and oxygen atoms in total. The van der Waals surface area contributed by atoms with Gasteiger partial charge in [0.05, 0.1) is 10.7 Å². The summed E-state index contributed by atoms with van der Waals surface area (Å²) in [5.74, 6) is -1.03. The van der Waals surface area contributed by atoms with Crippen molar-refractivity contribution in [2.45, 2.75) is 33.4 Å². The van der Waals surface area contributed by atoms with Gasteiger partial charge in [0.15, 0.2) is 0 Å². The van der Waals surface area contributed by atoms with Gasteiger partial charge in [0.25, 0.3) is 0 Å². The van der Waals surface area contributed by atoms with Crippen LogP contribution in [-0.4, -0.2) is 4.98 Å². The zero-order valence-corrected chi connectivity index (χ0v) is 11.9. The van der Waals surface area contributed by atoms with E-state index in [9.17, 15) is 8.78 Å². The molecule has 19 heavy (non-hydrogen) atoms. The van der Waals surface area contributed by atoms with Gasteiger partial charge in [-0.1, -0.05) is 6.07 Å². The van der Waals surface area contributed by atoms with Crippen LogP contribution in [0.2, 0.25) is 0 Å². The Kier molecular flexibility index (Phi) is 4.27. The largest absolute Gasteiger partial charge is 0.305 e. The lowest BCUT2D eigenvalue weighted by Gasteiger charge is -2.13. The molecule has 1 aromatic heterocycles. The van der Waals surface area contributed by atoms with Gasteiger partial charge in [-0.2, -0.15) is 0 Å². The number of aryl methyl sites for hydroxylation is 2. The summed E-state index contributed by atoms with van der Waals surface area (Å²) in [4.78, 5) is 5.46. The van der Waals surface area contributed by atoms with Crippen molar-refractivity contribution in [1.82, 2.24) is 10.3 Å². The highest BCUT2D eigenvalue weighted by Gasteiger charge is 2.14. The van der Waals surface area contributed by atoms with Crippen LogP contribution in [0.4, 0.5) is 8.78 Å². The Bertz CT molecular complexity index is 561. The second-order valence-corrected chi connectivity index (χ2v) is 5.72. The predicted octanol–water partition coefficient (Wildman–Crippen LogP) is 3.89. The Labute approximate surface area is 115 Å². The van der Waals surface area contributed by atoms with Crippen LogP contribution in [0, 0.1) is 25.5 Å². The predicted molar refractivity (Wildman–Crippen MR) is 73.2 cm³/mol.